The highest BCUT2D eigenvalue weighted by molar-refractivity contribution is 5.73. The summed E-state index contributed by atoms with van der Waals surface area (Å²) in [6, 6.07) is 2.43. The van der Waals surface area contributed by atoms with Gasteiger partial charge in [0.1, 0.15) is 0 Å². The first-order valence-corrected chi connectivity index (χ1v) is 5.51. The van der Waals surface area contributed by atoms with Crippen molar-refractivity contribution in [1.82, 2.24) is 20.3 Å². The molecule has 2 aromatic rings. The minimum atomic E-state index is 0.427. The molecular weight excluding hydrogens is 202 g/mol. The Balaban J connectivity index is 2.06. The Labute approximate surface area is 94.5 Å². The van der Waals surface area contributed by atoms with E-state index in [4.69, 9.17) is 5.73 Å². The van der Waals surface area contributed by atoms with Gasteiger partial charge in [-0.3, -0.25) is 0 Å². The molecule has 2 heterocycles. The number of H-pyrrole nitrogens is 1. The fourth-order valence-electron chi connectivity index (χ4n) is 1.69. The summed E-state index contributed by atoms with van der Waals surface area (Å²) >= 11 is 0. The molecule has 0 aliphatic heterocycles. The maximum absolute atomic E-state index is 5.51. The summed E-state index contributed by atoms with van der Waals surface area (Å²) < 4.78 is 0. The van der Waals surface area contributed by atoms with Crippen LogP contribution >= 0.6 is 0 Å². The van der Waals surface area contributed by atoms with Crippen LogP contribution in [-0.2, 0) is 6.54 Å². The van der Waals surface area contributed by atoms with E-state index < -0.39 is 0 Å². The molecule has 0 aliphatic carbocycles. The lowest BCUT2D eigenvalue weighted by atomic mass is 10.2. The smallest absolute Gasteiger partial charge is 0.177 e. The molecule has 0 saturated heterocycles. The molecule has 0 spiro atoms. The quantitative estimate of drug-likeness (QED) is 0.694. The van der Waals surface area contributed by atoms with E-state index in [0.29, 0.717) is 12.6 Å². The van der Waals surface area contributed by atoms with Gasteiger partial charge < -0.3 is 16.0 Å². The highest BCUT2D eigenvalue weighted by Gasteiger charge is 2.05. The van der Waals surface area contributed by atoms with Gasteiger partial charge in [0, 0.05) is 18.8 Å². The molecule has 0 aromatic carbocycles. The summed E-state index contributed by atoms with van der Waals surface area (Å²) in [6.07, 6.45) is 4.44. The van der Waals surface area contributed by atoms with Crippen molar-refractivity contribution in [2.45, 2.75) is 25.9 Å². The summed E-state index contributed by atoms with van der Waals surface area (Å²) in [4.78, 5) is 11.4. The summed E-state index contributed by atoms with van der Waals surface area (Å²) in [7, 11) is 0. The van der Waals surface area contributed by atoms with Crippen molar-refractivity contribution < 1.29 is 0 Å². The minimum Gasteiger partial charge on any atom is -0.343 e. The Morgan fingerprint density at radius 1 is 1.50 bits per heavy atom. The molecule has 0 radical (unpaired) electrons. The Bertz CT molecular complexity index is 450. The minimum absolute atomic E-state index is 0.427. The lowest BCUT2D eigenvalue weighted by Crippen LogP contribution is -2.27. The number of nitrogens with two attached hydrogens (primary N) is 1. The molecule has 1 atom stereocenters. The Morgan fingerprint density at radius 3 is 3.19 bits per heavy atom. The molecule has 0 aliphatic rings. The van der Waals surface area contributed by atoms with Crippen LogP contribution in [0.15, 0.2) is 18.6 Å². The van der Waals surface area contributed by atoms with Gasteiger partial charge in [-0.15, -0.1) is 0 Å². The van der Waals surface area contributed by atoms with Crippen LogP contribution in [-0.4, -0.2) is 27.5 Å². The molecular formula is C11H17N5. The van der Waals surface area contributed by atoms with Gasteiger partial charge >= 0.3 is 0 Å². The standard InChI is InChI=1S/C11H17N5/c1-8(2-4-12)14-6-9-3-5-13-11-10(9)15-7-16-11/h3,5,7-8,14H,2,4,6,12H2,1H3,(H,13,15,16). The van der Waals surface area contributed by atoms with E-state index in [1.165, 1.54) is 5.56 Å². The predicted octanol–water partition coefficient (Wildman–Crippen LogP) is 0.785. The highest BCUT2D eigenvalue weighted by atomic mass is 15.0. The second-order valence-electron chi connectivity index (χ2n) is 3.93. The van der Waals surface area contributed by atoms with Crippen LogP contribution in [0.25, 0.3) is 11.2 Å². The SMILES string of the molecule is CC(CCN)NCc1ccnc2nc[nH]c12. The number of hydrogen-bond acceptors (Lipinski definition) is 4. The van der Waals surface area contributed by atoms with E-state index >= 15 is 0 Å². The summed E-state index contributed by atoms with van der Waals surface area (Å²) in [5.41, 5.74) is 8.47. The predicted molar refractivity (Wildman–Crippen MR) is 63.9 cm³/mol. The highest BCUT2D eigenvalue weighted by Crippen LogP contribution is 2.11. The molecule has 5 heteroatoms. The third-order valence-electron chi connectivity index (χ3n) is 2.65. The van der Waals surface area contributed by atoms with Crippen LogP contribution in [0.1, 0.15) is 18.9 Å². The number of pyridine rings is 1. The average molecular weight is 219 g/mol. The van der Waals surface area contributed by atoms with E-state index in [1.807, 2.05) is 6.07 Å². The molecule has 2 rings (SSSR count). The largest absolute Gasteiger partial charge is 0.343 e. The number of aromatic nitrogens is 3. The van der Waals surface area contributed by atoms with E-state index in [2.05, 4.69) is 27.2 Å². The van der Waals surface area contributed by atoms with E-state index in [0.717, 1.165) is 24.1 Å². The maximum atomic E-state index is 5.51. The number of rotatable bonds is 5. The van der Waals surface area contributed by atoms with Crippen molar-refractivity contribution in [3.63, 3.8) is 0 Å². The molecule has 16 heavy (non-hydrogen) atoms. The molecule has 5 nitrogen and oxygen atoms in total. The van der Waals surface area contributed by atoms with E-state index in [9.17, 15) is 0 Å². The molecule has 1 unspecified atom stereocenters. The van der Waals surface area contributed by atoms with Gasteiger partial charge in [0.2, 0.25) is 0 Å². The number of nitrogens with one attached hydrogen (secondary N) is 2. The Hall–Kier alpha value is -1.46. The van der Waals surface area contributed by atoms with Gasteiger partial charge in [-0.25, -0.2) is 9.97 Å². The van der Waals surface area contributed by atoms with Crippen LogP contribution < -0.4 is 11.1 Å². The fourth-order valence-corrected chi connectivity index (χ4v) is 1.69. The first kappa shape index (κ1) is 11.0. The van der Waals surface area contributed by atoms with Crippen molar-refractivity contribution in [2.75, 3.05) is 6.54 Å². The molecule has 2 aromatic heterocycles. The second kappa shape index (κ2) is 5.05. The maximum Gasteiger partial charge on any atom is 0.177 e. The van der Waals surface area contributed by atoms with Crippen molar-refractivity contribution in [2.24, 2.45) is 5.73 Å². The molecule has 86 valence electrons. The summed E-state index contributed by atoms with van der Waals surface area (Å²) in [5, 5.41) is 3.43. The zero-order valence-electron chi connectivity index (χ0n) is 9.40. The number of hydrogen-bond donors (Lipinski definition) is 3. The lowest BCUT2D eigenvalue weighted by Gasteiger charge is -2.12. The van der Waals surface area contributed by atoms with Gasteiger partial charge in [0.05, 0.1) is 11.8 Å². The van der Waals surface area contributed by atoms with Crippen LogP contribution in [0.3, 0.4) is 0 Å². The van der Waals surface area contributed by atoms with Gasteiger partial charge in [0.25, 0.3) is 0 Å². The molecule has 0 bridgehead atoms. The molecule has 0 saturated carbocycles. The monoisotopic (exact) mass is 219 g/mol. The third-order valence-corrected chi connectivity index (χ3v) is 2.65. The van der Waals surface area contributed by atoms with Crippen LogP contribution in [0.4, 0.5) is 0 Å². The molecule has 0 fully saturated rings. The number of imidazole rings is 1. The van der Waals surface area contributed by atoms with E-state index in [1.54, 1.807) is 12.5 Å². The number of aromatic amines is 1. The Morgan fingerprint density at radius 2 is 2.38 bits per heavy atom. The van der Waals surface area contributed by atoms with Crippen molar-refractivity contribution in [1.29, 1.82) is 0 Å². The first-order valence-electron chi connectivity index (χ1n) is 5.51. The molecule has 0 amide bonds. The van der Waals surface area contributed by atoms with Gasteiger partial charge in [-0.2, -0.15) is 0 Å². The average Bonchev–Trinajstić information content (AvgIpc) is 2.75. The van der Waals surface area contributed by atoms with Gasteiger partial charge in [-0.1, -0.05) is 0 Å². The number of fused-ring (bicyclic) bond motifs is 1. The normalized spacial score (nSPS) is 13.1. The summed E-state index contributed by atoms with van der Waals surface area (Å²) in [5.74, 6) is 0. The van der Waals surface area contributed by atoms with E-state index in [-0.39, 0.29) is 0 Å². The second-order valence-corrected chi connectivity index (χ2v) is 3.93. The van der Waals surface area contributed by atoms with Gasteiger partial charge in [-0.05, 0) is 31.5 Å². The van der Waals surface area contributed by atoms with Crippen molar-refractivity contribution in [3.05, 3.63) is 24.2 Å². The fraction of sp³-hybridized carbons (Fsp3) is 0.455. The zero-order chi connectivity index (χ0) is 11.4. The first-order chi connectivity index (χ1) is 7.81. The van der Waals surface area contributed by atoms with Crippen molar-refractivity contribution in [3.8, 4) is 0 Å². The molecule has 4 N–H and O–H groups in total. The van der Waals surface area contributed by atoms with Crippen LogP contribution in [0.5, 0.6) is 0 Å². The third kappa shape index (κ3) is 2.37. The van der Waals surface area contributed by atoms with Crippen LogP contribution in [0, 0.1) is 0 Å². The van der Waals surface area contributed by atoms with Crippen molar-refractivity contribution >= 4 is 11.2 Å². The van der Waals surface area contributed by atoms with Gasteiger partial charge in [0.15, 0.2) is 5.65 Å². The van der Waals surface area contributed by atoms with Crippen LogP contribution in [0.2, 0.25) is 0 Å². The lowest BCUT2D eigenvalue weighted by molar-refractivity contribution is 0.520. The Kier molecular flexibility index (Phi) is 3.48. The topological polar surface area (TPSA) is 79.6 Å². The zero-order valence-corrected chi connectivity index (χ0v) is 9.40. The summed E-state index contributed by atoms with van der Waals surface area (Å²) in [6.45, 7) is 3.66. The number of nitrogens with zero attached hydrogens (tertiary/aromatic N) is 2.